The van der Waals surface area contributed by atoms with Gasteiger partial charge in [-0.1, -0.05) is 67.6 Å². The Balaban J connectivity index is 1.75. The van der Waals surface area contributed by atoms with Gasteiger partial charge >= 0.3 is 0 Å². The van der Waals surface area contributed by atoms with Gasteiger partial charge in [0.1, 0.15) is 5.76 Å². The third-order valence-electron chi connectivity index (χ3n) is 6.13. The second-order valence-electron chi connectivity index (χ2n) is 8.00. The normalized spacial score (nSPS) is 17.6. The van der Waals surface area contributed by atoms with Gasteiger partial charge in [0.25, 0.3) is 11.7 Å². The van der Waals surface area contributed by atoms with Crippen molar-refractivity contribution in [3.63, 3.8) is 0 Å². The summed E-state index contributed by atoms with van der Waals surface area (Å²) in [6, 6.07) is 23.5. The van der Waals surface area contributed by atoms with Gasteiger partial charge in [0, 0.05) is 23.3 Å². The molecule has 5 rings (SSSR count). The van der Waals surface area contributed by atoms with Crippen LogP contribution >= 0.6 is 0 Å². The van der Waals surface area contributed by atoms with Crippen LogP contribution in [-0.4, -0.2) is 21.8 Å². The Morgan fingerprint density at radius 1 is 0.909 bits per heavy atom. The highest BCUT2D eigenvalue weighted by atomic mass is 16.3. The topological polar surface area (TPSA) is 70.5 Å². The lowest BCUT2D eigenvalue weighted by Gasteiger charge is -2.26. The summed E-state index contributed by atoms with van der Waals surface area (Å²) in [4.78, 5) is 32.3. The van der Waals surface area contributed by atoms with Gasteiger partial charge in [-0.25, -0.2) is 0 Å². The number of ketones is 1. The predicted molar refractivity (Wildman–Crippen MR) is 129 cm³/mol. The summed E-state index contributed by atoms with van der Waals surface area (Å²) in [5.74, 6) is -1.55. The van der Waals surface area contributed by atoms with Crippen molar-refractivity contribution in [3.8, 4) is 0 Å². The number of carbonyl (C=O) groups is 2. The van der Waals surface area contributed by atoms with Crippen LogP contribution in [-0.2, 0) is 16.0 Å². The minimum atomic E-state index is -0.773. The van der Waals surface area contributed by atoms with Crippen molar-refractivity contribution in [2.75, 3.05) is 4.90 Å². The summed E-state index contributed by atoms with van der Waals surface area (Å²) in [7, 11) is 0. The summed E-state index contributed by atoms with van der Waals surface area (Å²) in [6.07, 6.45) is 4.10. The zero-order valence-electron chi connectivity index (χ0n) is 18.1. The van der Waals surface area contributed by atoms with Crippen LogP contribution in [0.25, 0.3) is 16.5 Å². The molecular weight excluding hydrogens is 412 g/mol. The molecule has 0 spiro atoms. The van der Waals surface area contributed by atoms with E-state index in [9.17, 15) is 14.7 Å². The first kappa shape index (κ1) is 20.6. The minimum absolute atomic E-state index is 0.0726. The summed E-state index contributed by atoms with van der Waals surface area (Å²) in [6.45, 7) is 2.05. The van der Waals surface area contributed by atoms with E-state index in [4.69, 9.17) is 0 Å². The number of fused-ring (bicyclic) bond motifs is 1. The largest absolute Gasteiger partial charge is 0.507 e. The van der Waals surface area contributed by atoms with Crippen LogP contribution in [0.4, 0.5) is 5.69 Å². The number of aromatic nitrogens is 1. The number of aliphatic hydroxyl groups is 1. The summed E-state index contributed by atoms with van der Waals surface area (Å²) in [5.41, 5.74) is 3.01. The highest BCUT2D eigenvalue weighted by Gasteiger charge is 2.47. The maximum absolute atomic E-state index is 13.4. The molecule has 1 aromatic heterocycles. The Labute approximate surface area is 191 Å². The summed E-state index contributed by atoms with van der Waals surface area (Å²) >= 11 is 0. The Kier molecular flexibility index (Phi) is 5.23. The maximum Gasteiger partial charge on any atom is 0.300 e. The number of nitrogens with zero attached hydrogens (tertiary/aromatic N) is 2. The van der Waals surface area contributed by atoms with Crippen molar-refractivity contribution in [3.05, 3.63) is 114 Å². The number of hydrogen-bond donors (Lipinski definition) is 1. The van der Waals surface area contributed by atoms with E-state index in [1.807, 2.05) is 61.5 Å². The van der Waals surface area contributed by atoms with Gasteiger partial charge in [0.05, 0.1) is 17.3 Å². The lowest BCUT2D eigenvalue weighted by Crippen LogP contribution is -2.29. The van der Waals surface area contributed by atoms with Crippen molar-refractivity contribution in [1.82, 2.24) is 4.98 Å². The molecule has 1 saturated heterocycles. The predicted octanol–water partition coefficient (Wildman–Crippen LogP) is 5.42. The van der Waals surface area contributed by atoms with E-state index >= 15 is 0 Å². The molecule has 1 aliphatic rings. The Morgan fingerprint density at radius 3 is 2.33 bits per heavy atom. The number of rotatable bonds is 4. The van der Waals surface area contributed by atoms with E-state index in [0.29, 0.717) is 16.8 Å². The van der Waals surface area contributed by atoms with Crippen LogP contribution in [0, 0.1) is 0 Å². The second-order valence-corrected chi connectivity index (χ2v) is 8.00. The molecule has 1 atom stereocenters. The Bertz CT molecular complexity index is 1390. The number of pyridine rings is 1. The Morgan fingerprint density at radius 2 is 1.61 bits per heavy atom. The quantitative estimate of drug-likeness (QED) is 0.264. The molecule has 0 aliphatic carbocycles. The molecule has 1 N–H and O–H groups in total. The number of hydrogen-bond acceptors (Lipinski definition) is 4. The molecule has 33 heavy (non-hydrogen) atoms. The monoisotopic (exact) mass is 434 g/mol. The first-order valence-electron chi connectivity index (χ1n) is 10.9. The molecule has 5 heteroatoms. The fourth-order valence-corrected chi connectivity index (χ4v) is 4.41. The smallest absolute Gasteiger partial charge is 0.300 e. The molecule has 1 amide bonds. The van der Waals surface area contributed by atoms with Gasteiger partial charge < -0.3 is 5.11 Å². The number of anilines is 1. The average molecular weight is 434 g/mol. The van der Waals surface area contributed by atoms with E-state index in [-0.39, 0.29) is 11.3 Å². The third kappa shape index (κ3) is 3.48. The fourth-order valence-electron chi connectivity index (χ4n) is 4.41. The molecule has 2 heterocycles. The van der Waals surface area contributed by atoms with E-state index in [2.05, 4.69) is 4.98 Å². The molecule has 162 valence electrons. The molecule has 1 aliphatic heterocycles. The van der Waals surface area contributed by atoms with Gasteiger partial charge in [-0.15, -0.1) is 0 Å². The third-order valence-corrected chi connectivity index (χ3v) is 6.13. The van der Waals surface area contributed by atoms with E-state index in [0.717, 1.165) is 22.8 Å². The number of benzene rings is 3. The first-order valence-corrected chi connectivity index (χ1v) is 10.9. The molecule has 0 saturated carbocycles. The highest BCUT2D eigenvalue weighted by molar-refractivity contribution is 6.52. The number of amides is 1. The number of Topliss-reactive ketones (excluding diaryl/α,β-unsaturated/α-hetero) is 1. The molecule has 1 fully saturated rings. The molecule has 0 bridgehead atoms. The zero-order chi connectivity index (χ0) is 22.9. The molecule has 5 nitrogen and oxygen atoms in total. The van der Waals surface area contributed by atoms with Crippen LogP contribution in [0.2, 0.25) is 0 Å². The Hall–Kier alpha value is -4.25. The number of aryl methyl sites for hydroxylation is 1. The van der Waals surface area contributed by atoms with Crippen molar-refractivity contribution < 1.29 is 14.7 Å². The zero-order valence-corrected chi connectivity index (χ0v) is 18.1. The van der Waals surface area contributed by atoms with Crippen molar-refractivity contribution in [2.45, 2.75) is 19.4 Å². The molecule has 4 aromatic rings. The average Bonchev–Trinajstić information content (AvgIpc) is 3.14. The van der Waals surface area contributed by atoms with Gasteiger partial charge in [0.2, 0.25) is 0 Å². The van der Waals surface area contributed by atoms with Crippen LogP contribution in [0.5, 0.6) is 0 Å². The van der Waals surface area contributed by atoms with E-state index in [1.54, 1.807) is 36.7 Å². The van der Waals surface area contributed by atoms with Crippen molar-refractivity contribution in [1.29, 1.82) is 0 Å². The first-order chi connectivity index (χ1) is 16.1. The minimum Gasteiger partial charge on any atom is -0.507 e. The van der Waals surface area contributed by atoms with Gasteiger partial charge in [0.15, 0.2) is 0 Å². The van der Waals surface area contributed by atoms with Gasteiger partial charge in [-0.3, -0.25) is 19.5 Å². The van der Waals surface area contributed by atoms with E-state index in [1.165, 1.54) is 4.90 Å². The van der Waals surface area contributed by atoms with Crippen molar-refractivity contribution in [2.24, 2.45) is 0 Å². The highest BCUT2D eigenvalue weighted by Crippen LogP contribution is 2.43. The van der Waals surface area contributed by atoms with Gasteiger partial charge in [-0.2, -0.15) is 0 Å². The maximum atomic E-state index is 13.4. The fraction of sp³-hybridized carbons (Fsp3) is 0.107. The molecule has 0 radical (unpaired) electrons. The summed E-state index contributed by atoms with van der Waals surface area (Å²) < 4.78 is 0. The summed E-state index contributed by atoms with van der Waals surface area (Å²) in [5, 5.41) is 13.1. The number of carbonyl (C=O) groups excluding carboxylic acids is 2. The lowest BCUT2D eigenvalue weighted by molar-refractivity contribution is -0.132. The van der Waals surface area contributed by atoms with Crippen molar-refractivity contribution >= 4 is 33.9 Å². The van der Waals surface area contributed by atoms with Crippen LogP contribution in [0.15, 0.2) is 96.8 Å². The van der Waals surface area contributed by atoms with E-state index < -0.39 is 17.7 Å². The SMILES string of the molecule is CCc1ccc(/C(O)=C2\C(=O)C(=O)N(c3cccc4ccccc34)C2c2ccncc2)cc1. The second kappa shape index (κ2) is 8.36. The van der Waals surface area contributed by atoms with Crippen LogP contribution in [0.3, 0.4) is 0 Å². The number of aliphatic hydroxyl groups excluding tert-OH is 1. The lowest BCUT2D eigenvalue weighted by atomic mass is 9.95. The molecular formula is C28H22N2O3. The molecule has 1 unspecified atom stereocenters. The molecule has 3 aromatic carbocycles. The van der Waals surface area contributed by atoms with Crippen LogP contribution < -0.4 is 4.90 Å². The van der Waals surface area contributed by atoms with Gasteiger partial charge in [-0.05, 0) is 41.1 Å². The van der Waals surface area contributed by atoms with Crippen LogP contribution in [0.1, 0.15) is 29.7 Å². The standard InChI is InChI=1S/C28H22N2O3/c1-2-18-10-12-21(13-11-18)26(31)24-25(20-14-16-29-17-15-20)30(28(33)27(24)32)23-9-5-7-19-6-3-4-8-22(19)23/h3-17,25,31H,2H2,1H3/b26-24+.